The van der Waals surface area contributed by atoms with E-state index in [1.165, 1.54) is 50.4 Å². The molecule has 0 atom stereocenters. The lowest BCUT2D eigenvalue weighted by atomic mass is 9.95. The normalized spacial score (nSPS) is 18.7. The van der Waals surface area contributed by atoms with Crippen molar-refractivity contribution in [1.29, 1.82) is 0 Å². The summed E-state index contributed by atoms with van der Waals surface area (Å²) < 4.78 is 14.1. The summed E-state index contributed by atoms with van der Waals surface area (Å²) in [6.07, 6.45) is 6.89. The molecule has 4 rings (SSSR count). The van der Waals surface area contributed by atoms with Crippen molar-refractivity contribution in [3.63, 3.8) is 0 Å². The van der Waals surface area contributed by atoms with E-state index in [0.29, 0.717) is 23.7 Å². The molecule has 2 aromatic carbocycles. The molecule has 2 heterocycles. The van der Waals surface area contributed by atoms with Gasteiger partial charge < -0.3 is 5.32 Å². The molecule has 2 saturated heterocycles. The monoisotopic (exact) mass is 471 g/mol. The fraction of sp³-hybridized carbons (Fsp3) is 0.519. The molecule has 0 unspecified atom stereocenters. The molecule has 0 spiro atoms. The Labute approximate surface area is 202 Å². The second-order valence-electron chi connectivity index (χ2n) is 9.48. The van der Waals surface area contributed by atoms with Crippen molar-refractivity contribution < 1.29 is 9.18 Å². The van der Waals surface area contributed by atoms with Crippen LogP contribution in [0, 0.1) is 11.7 Å². The summed E-state index contributed by atoms with van der Waals surface area (Å²) >= 11 is 6.16. The van der Waals surface area contributed by atoms with Gasteiger partial charge in [0.05, 0.1) is 0 Å². The van der Waals surface area contributed by atoms with Crippen LogP contribution in [0.5, 0.6) is 0 Å². The summed E-state index contributed by atoms with van der Waals surface area (Å²) in [4.78, 5) is 17.4. The highest BCUT2D eigenvalue weighted by Crippen LogP contribution is 2.24. The van der Waals surface area contributed by atoms with Crippen LogP contribution >= 0.6 is 11.6 Å². The Bertz CT molecular complexity index is 884. The van der Waals surface area contributed by atoms with E-state index < -0.39 is 0 Å². The fourth-order valence-electron chi connectivity index (χ4n) is 4.91. The summed E-state index contributed by atoms with van der Waals surface area (Å²) in [7, 11) is 0. The minimum Gasteiger partial charge on any atom is -0.352 e. The van der Waals surface area contributed by atoms with Crippen LogP contribution in [0.15, 0.2) is 42.5 Å². The molecule has 2 aliphatic heterocycles. The van der Waals surface area contributed by atoms with Gasteiger partial charge in [0.1, 0.15) is 5.82 Å². The van der Waals surface area contributed by atoms with Gasteiger partial charge in [-0.1, -0.05) is 54.8 Å². The number of piperidine rings is 1. The highest BCUT2D eigenvalue weighted by molar-refractivity contribution is 6.31. The van der Waals surface area contributed by atoms with Crippen LogP contribution in [0.1, 0.15) is 55.2 Å². The van der Waals surface area contributed by atoms with Crippen molar-refractivity contribution in [2.24, 2.45) is 5.92 Å². The Morgan fingerprint density at radius 2 is 1.52 bits per heavy atom. The van der Waals surface area contributed by atoms with Crippen LogP contribution in [0.2, 0.25) is 5.02 Å². The van der Waals surface area contributed by atoms with Crippen molar-refractivity contribution in [2.45, 2.75) is 58.2 Å². The van der Waals surface area contributed by atoms with Crippen LogP contribution in [0.3, 0.4) is 0 Å². The van der Waals surface area contributed by atoms with Crippen LogP contribution in [-0.4, -0.2) is 41.9 Å². The molecule has 4 nitrogen and oxygen atoms in total. The molecule has 2 aliphatic rings. The first-order valence-corrected chi connectivity index (χ1v) is 12.7. The highest BCUT2D eigenvalue weighted by atomic mass is 35.5. The van der Waals surface area contributed by atoms with Crippen LogP contribution in [0.4, 0.5) is 4.39 Å². The molecule has 33 heavy (non-hydrogen) atoms. The van der Waals surface area contributed by atoms with E-state index in [9.17, 15) is 9.18 Å². The van der Waals surface area contributed by atoms with Gasteiger partial charge in [0, 0.05) is 36.1 Å². The molecule has 178 valence electrons. The molecule has 0 saturated carbocycles. The zero-order valence-electron chi connectivity index (χ0n) is 19.4. The largest absolute Gasteiger partial charge is 0.352 e. The van der Waals surface area contributed by atoms with Gasteiger partial charge in [0.15, 0.2) is 0 Å². The first-order valence-electron chi connectivity index (χ1n) is 12.3. The summed E-state index contributed by atoms with van der Waals surface area (Å²) in [5.41, 5.74) is 3.02. The Morgan fingerprint density at radius 3 is 2.18 bits per heavy atom. The average Bonchev–Trinajstić information content (AvgIpc) is 3.10. The maximum atomic E-state index is 14.1. The predicted octanol–water partition coefficient (Wildman–Crippen LogP) is 5.38. The number of halogens is 2. The third-order valence-corrected chi connectivity index (χ3v) is 7.35. The lowest BCUT2D eigenvalue weighted by molar-refractivity contribution is -0.126. The molecule has 6 heteroatoms. The van der Waals surface area contributed by atoms with Crippen molar-refractivity contribution in [3.05, 3.63) is 70.0 Å². The summed E-state index contributed by atoms with van der Waals surface area (Å²) in [6, 6.07) is 13.4. The van der Waals surface area contributed by atoms with Gasteiger partial charge in [-0.15, -0.1) is 0 Å². The summed E-state index contributed by atoms with van der Waals surface area (Å²) in [5.74, 6) is -0.133. The number of hydrogen-bond acceptors (Lipinski definition) is 3. The zero-order valence-corrected chi connectivity index (χ0v) is 20.1. The van der Waals surface area contributed by atoms with E-state index in [-0.39, 0.29) is 17.6 Å². The van der Waals surface area contributed by atoms with Crippen molar-refractivity contribution in [1.82, 2.24) is 15.1 Å². The van der Waals surface area contributed by atoms with E-state index in [2.05, 4.69) is 39.4 Å². The third kappa shape index (κ3) is 7.02. The summed E-state index contributed by atoms with van der Waals surface area (Å²) in [5, 5.41) is 3.58. The van der Waals surface area contributed by atoms with Crippen LogP contribution in [-0.2, 0) is 24.4 Å². The fourth-order valence-corrected chi connectivity index (χ4v) is 5.13. The Hall–Kier alpha value is -1.95. The lowest BCUT2D eigenvalue weighted by Gasteiger charge is -2.31. The minimum absolute atomic E-state index is 0.0136. The predicted molar refractivity (Wildman–Crippen MR) is 131 cm³/mol. The van der Waals surface area contributed by atoms with Gasteiger partial charge in [-0.3, -0.25) is 14.6 Å². The number of hydrogen-bond donors (Lipinski definition) is 1. The lowest BCUT2D eigenvalue weighted by Crippen LogP contribution is -2.40. The maximum Gasteiger partial charge on any atom is 0.223 e. The molecule has 1 N–H and O–H groups in total. The molecule has 2 aromatic rings. The van der Waals surface area contributed by atoms with Crippen LogP contribution < -0.4 is 5.32 Å². The van der Waals surface area contributed by atoms with Gasteiger partial charge in [-0.05, 0) is 75.1 Å². The Morgan fingerprint density at radius 1 is 0.879 bits per heavy atom. The topological polar surface area (TPSA) is 35.6 Å². The second-order valence-corrected chi connectivity index (χ2v) is 9.88. The second kappa shape index (κ2) is 12.0. The van der Waals surface area contributed by atoms with Crippen molar-refractivity contribution in [3.8, 4) is 0 Å². The third-order valence-electron chi connectivity index (χ3n) is 7.00. The molecular formula is C27H35ClFN3O. The number of likely N-dealkylation sites (tertiary alicyclic amines) is 2. The SMILES string of the molecule is O=C(NCc1ccc(CN2CCCCCC2)cc1)C1CCN(Cc2c(F)cccc2Cl)CC1. The van der Waals surface area contributed by atoms with E-state index in [1.807, 2.05) is 0 Å². The number of nitrogens with zero attached hydrogens (tertiary/aromatic N) is 2. The van der Waals surface area contributed by atoms with E-state index in [1.54, 1.807) is 12.1 Å². The van der Waals surface area contributed by atoms with Crippen LogP contribution in [0.25, 0.3) is 0 Å². The van der Waals surface area contributed by atoms with E-state index >= 15 is 0 Å². The smallest absolute Gasteiger partial charge is 0.223 e. The van der Waals surface area contributed by atoms with Gasteiger partial charge in [0.25, 0.3) is 0 Å². The Balaban J connectivity index is 1.19. The maximum absolute atomic E-state index is 14.1. The van der Waals surface area contributed by atoms with Gasteiger partial charge in [-0.2, -0.15) is 0 Å². The first kappa shape index (κ1) is 24.2. The molecule has 2 fully saturated rings. The molecule has 1 amide bonds. The van der Waals surface area contributed by atoms with Crippen molar-refractivity contribution >= 4 is 17.5 Å². The molecule has 0 aromatic heterocycles. The summed E-state index contributed by atoms with van der Waals surface area (Å²) in [6.45, 7) is 6.01. The number of rotatable bonds is 7. The molecule has 0 bridgehead atoms. The van der Waals surface area contributed by atoms with Gasteiger partial charge >= 0.3 is 0 Å². The van der Waals surface area contributed by atoms with E-state index in [0.717, 1.165) is 38.0 Å². The zero-order chi connectivity index (χ0) is 23.0. The molecular weight excluding hydrogens is 437 g/mol. The number of amides is 1. The molecule has 0 aliphatic carbocycles. The Kier molecular flexibility index (Phi) is 8.76. The quantitative estimate of drug-likeness (QED) is 0.588. The van der Waals surface area contributed by atoms with Gasteiger partial charge in [0.2, 0.25) is 5.91 Å². The standard InChI is InChI=1S/C27H35ClFN3O/c28-25-6-5-7-26(29)24(25)20-32-16-12-23(13-17-32)27(33)30-18-21-8-10-22(11-9-21)19-31-14-3-1-2-4-15-31/h5-11,23H,1-4,12-20H2,(H,30,33). The number of benzene rings is 2. The minimum atomic E-state index is -0.264. The average molecular weight is 472 g/mol. The molecule has 0 radical (unpaired) electrons. The number of nitrogens with one attached hydrogen (secondary N) is 1. The van der Waals surface area contributed by atoms with E-state index in [4.69, 9.17) is 11.6 Å². The number of carbonyl (C=O) groups excluding carboxylic acids is 1. The van der Waals surface area contributed by atoms with Gasteiger partial charge in [-0.25, -0.2) is 4.39 Å². The van der Waals surface area contributed by atoms with Crippen molar-refractivity contribution in [2.75, 3.05) is 26.2 Å². The first-order chi connectivity index (χ1) is 16.1. The number of carbonyl (C=O) groups is 1. The highest BCUT2D eigenvalue weighted by Gasteiger charge is 2.25.